The lowest BCUT2D eigenvalue weighted by molar-refractivity contribution is -0.138. The van der Waals surface area contributed by atoms with E-state index < -0.39 is 48.1 Å². The number of hydrogen-bond donors (Lipinski definition) is 2. The van der Waals surface area contributed by atoms with Crippen LogP contribution in [-0.4, -0.2) is 44.2 Å². The maximum Gasteiger partial charge on any atom is 0.405 e. The van der Waals surface area contributed by atoms with Crippen molar-refractivity contribution in [3.63, 3.8) is 0 Å². The summed E-state index contributed by atoms with van der Waals surface area (Å²) in [5, 5.41) is 4.70. The average Bonchev–Trinajstić information content (AvgIpc) is 2.79. The Kier molecular flexibility index (Phi) is 4.63. The van der Waals surface area contributed by atoms with E-state index >= 15 is 0 Å². The van der Waals surface area contributed by atoms with Crippen LogP contribution in [0.5, 0.6) is 0 Å². The van der Waals surface area contributed by atoms with Crippen LogP contribution in [0.3, 0.4) is 0 Å². The molecule has 142 valence electrons. The topological polar surface area (TPSA) is 61.4 Å². The van der Waals surface area contributed by atoms with Crippen molar-refractivity contribution in [2.24, 2.45) is 0 Å². The summed E-state index contributed by atoms with van der Waals surface area (Å²) in [6, 6.07) is 2.02. The number of piperidine rings is 1. The molecular weight excluding hydrogens is 361 g/mol. The highest BCUT2D eigenvalue weighted by Gasteiger charge is 2.53. The zero-order valence-electron chi connectivity index (χ0n) is 13.6. The molecule has 0 aliphatic carbocycles. The van der Waals surface area contributed by atoms with Gasteiger partial charge >= 0.3 is 6.18 Å². The van der Waals surface area contributed by atoms with E-state index in [1.54, 1.807) is 5.32 Å². The molecule has 2 heterocycles. The number of halogens is 5. The van der Waals surface area contributed by atoms with Crippen LogP contribution >= 0.6 is 0 Å². The van der Waals surface area contributed by atoms with Gasteiger partial charge in [0.05, 0.1) is 11.1 Å². The largest absolute Gasteiger partial charge is 0.405 e. The first-order chi connectivity index (χ1) is 12.2. The van der Waals surface area contributed by atoms with Crippen LogP contribution in [0.4, 0.5) is 27.6 Å². The van der Waals surface area contributed by atoms with Gasteiger partial charge in [-0.15, -0.1) is 0 Å². The summed E-state index contributed by atoms with van der Waals surface area (Å²) in [7, 11) is 0. The van der Waals surface area contributed by atoms with E-state index in [4.69, 9.17) is 0 Å². The Hall–Kier alpha value is -2.23. The molecule has 1 fully saturated rings. The van der Waals surface area contributed by atoms with E-state index in [2.05, 4.69) is 5.32 Å². The minimum Gasteiger partial charge on any atom is -0.345 e. The van der Waals surface area contributed by atoms with Gasteiger partial charge in [0.2, 0.25) is 11.8 Å². The third-order valence-electron chi connectivity index (χ3n) is 4.74. The van der Waals surface area contributed by atoms with E-state index in [1.807, 2.05) is 0 Å². The quantitative estimate of drug-likeness (QED) is 0.787. The molecule has 2 aliphatic rings. The Balaban J connectivity index is 1.92. The van der Waals surface area contributed by atoms with Gasteiger partial charge in [0.25, 0.3) is 0 Å². The lowest BCUT2D eigenvalue weighted by Crippen LogP contribution is -2.50. The number of carbonyl (C=O) groups excluding carboxylic acids is 2. The monoisotopic (exact) mass is 377 g/mol. The molecule has 10 heteroatoms. The molecule has 2 N–H and O–H groups in total. The summed E-state index contributed by atoms with van der Waals surface area (Å²) in [4.78, 5) is 25.7. The summed E-state index contributed by atoms with van der Waals surface area (Å²) in [5.74, 6) is -3.90. The zero-order valence-corrected chi connectivity index (χ0v) is 13.6. The number of amides is 2. The normalized spacial score (nSPS) is 19.0. The van der Waals surface area contributed by atoms with Gasteiger partial charge in [-0.25, -0.2) is 8.78 Å². The number of alkyl halides is 3. The van der Waals surface area contributed by atoms with Crippen molar-refractivity contribution in [2.75, 3.05) is 31.1 Å². The van der Waals surface area contributed by atoms with Crippen LogP contribution in [-0.2, 0) is 15.0 Å². The molecule has 1 saturated heterocycles. The highest BCUT2D eigenvalue weighted by Crippen LogP contribution is 2.48. The van der Waals surface area contributed by atoms with Gasteiger partial charge in [-0.1, -0.05) is 0 Å². The number of rotatable bonds is 3. The first-order valence-corrected chi connectivity index (χ1v) is 8.00. The molecule has 0 aromatic heterocycles. The summed E-state index contributed by atoms with van der Waals surface area (Å²) in [6.07, 6.45) is -4.17. The molecule has 0 unspecified atom stereocenters. The number of carbonyl (C=O) groups is 2. The van der Waals surface area contributed by atoms with Gasteiger partial charge in [-0.2, -0.15) is 13.2 Å². The molecule has 0 atom stereocenters. The Morgan fingerprint density at radius 2 is 1.88 bits per heavy atom. The van der Waals surface area contributed by atoms with Gasteiger partial charge in [0, 0.05) is 5.56 Å². The van der Waals surface area contributed by atoms with Crippen LogP contribution in [0.15, 0.2) is 12.1 Å². The lowest BCUT2D eigenvalue weighted by Gasteiger charge is -2.33. The number of benzene rings is 1. The maximum absolute atomic E-state index is 14.5. The molecule has 5 nitrogen and oxygen atoms in total. The van der Waals surface area contributed by atoms with Crippen molar-refractivity contribution in [3.05, 3.63) is 29.3 Å². The molecular formula is C16H16F5N3O2. The van der Waals surface area contributed by atoms with Crippen molar-refractivity contribution < 1.29 is 31.5 Å². The first-order valence-electron chi connectivity index (χ1n) is 8.00. The van der Waals surface area contributed by atoms with Crippen LogP contribution in [0.25, 0.3) is 0 Å². The molecule has 3 rings (SSSR count). The van der Waals surface area contributed by atoms with E-state index in [-0.39, 0.29) is 24.1 Å². The SMILES string of the molecule is O=C(CN1C(=O)C2(CCNCC2)c2c1ccc(F)c2F)NCC(F)(F)F. The molecule has 1 aromatic carbocycles. The van der Waals surface area contributed by atoms with Crippen LogP contribution in [0, 0.1) is 11.6 Å². The van der Waals surface area contributed by atoms with Crippen molar-refractivity contribution in [1.29, 1.82) is 0 Å². The summed E-state index contributed by atoms with van der Waals surface area (Å²) >= 11 is 0. The Morgan fingerprint density at radius 3 is 2.50 bits per heavy atom. The van der Waals surface area contributed by atoms with Gasteiger partial charge in [-0.3, -0.25) is 9.59 Å². The molecule has 1 aromatic rings. The number of anilines is 1. The highest BCUT2D eigenvalue weighted by molar-refractivity contribution is 6.10. The summed E-state index contributed by atoms with van der Waals surface area (Å²) in [5.41, 5.74) is -1.40. The smallest absolute Gasteiger partial charge is 0.345 e. The summed E-state index contributed by atoms with van der Waals surface area (Å²) < 4.78 is 65.0. The van der Waals surface area contributed by atoms with Crippen molar-refractivity contribution in [1.82, 2.24) is 10.6 Å². The summed E-state index contributed by atoms with van der Waals surface area (Å²) in [6.45, 7) is -1.43. The minimum atomic E-state index is -4.59. The third kappa shape index (κ3) is 3.13. The van der Waals surface area contributed by atoms with Crippen LogP contribution in [0.2, 0.25) is 0 Å². The van der Waals surface area contributed by atoms with Crippen molar-refractivity contribution in [2.45, 2.75) is 24.4 Å². The number of fused-ring (bicyclic) bond motifs is 2. The first kappa shape index (κ1) is 18.6. The number of nitrogens with one attached hydrogen (secondary N) is 2. The fraction of sp³-hybridized carbons (Fsp3) is 0.500. The zero-order chi connectivity index (χ0) is 19.1. The van der Waals surface area contributed by atoms with E-state index in [0.717, 1.165) is 11.0 Å². The Morgan fingerprint density at radius 1 is 1.23 bits per heavy atom. The van der Waals surface area contributed by atoms with Gasteiger partial charge < -0.3 is 15.5 Å². The third-order valence-corrected chi connectivity index (χ3v) is 4.74. The molecule has 0 radical (unpaired) electrons. The fourth-order valence-corrected chi connectivity index (χ4v) is 3.57. The fourth-order valence-electron chi connectivity index (χ4n) is 3.57. The molecule has 1 spiro atoms. The minimum absolute atomic E-state index is 0.0259. The maximum atomic E-state index is 14.5. The Bertz CT molecular complexity index is 744. The molecule has 2 amide bonds. The molecule has 2 aliphatic heterocycles. The van der Waals surface area contributed by atoms with E-state index in [9.17, 15) is 31.5 Å². The second-order valence-electron chi connectivity index (χ2n) is 6.37. The van der Waals surface area contributed by atoms with Crippen LogP contribution < -0.4 is 15.5 Å². The number of nitrogens with zero attached hydrogens (tertiary/aromatic N) is 1. The predicted molar refractivity (Wildman–Crippen MR) is 81.6 cm³/mol. The van der Waals surface area contributed by atoms with Gasteiger partial charge in [0.15, 0.2) is 11.6 Å². The van der Waals surface area contributed by atoms with Gasteiger partial charge in [-0.05, 0) is 38.1 Å². The predicted octanol–water partition coefficient (Wildman–Crippen LogP) is 1.61. The van der Waals surface area contributed by atoms with Gasteiger partial charge in [0.1, 0.15) is 13.1 Å². The second-order valence-corrected chi connectivity index (χ2v) is 6.37. The molecule has 26 heavy (non-hydrogen) atoms. The van der Waals surface area contributed by atoms with Crippen molar-refractivity contribution in [3.8, 4) is 0 Å². The van der Waals surface area contributed by atoms with E-state index in [0.29, 0.717) is 13.1 Å². The standard InChI is InChI=1S/C16H16F5N3O2/c17-9-1-2-10-12(13(9)18)15(3-5-22-6-4-15)14(26)24(10)7-11(25)23-8-16(19,20)21/h1-2,22H,3-8H2,(H,23,25). The number of hydrogen-bond acceptors (Lipinski definition) is 3. The molecule has 0 bridgehead atoms. The second kappa shape index (κ2) is 6.49. The average molecular weight is 377 g/mol. The van der Waals surface area contributed by atoms with Crippen molar-refractivity contribution >= 4 is 17.5 Å². The highest BCUT2D eigenvalue weighted by atomic mass is 19.4. The van der Waals surface area contributed by atoms with Crippen LogP contribution in [0.1, 0.15) is 18.4 Å². The lowest BCUT2D eigenvalue weighted by atomic mass is 9.74. The molecule has 0 saturated carbocycles. The van der Waals surface area contributed by atoms with E-state index in [1.165, 1.54) is 6.07 Å². The Labute approximate surface area is 145 Å².